The van der Waals surface area contributed by atoms with Gasteiger partial charge in [-0.05, 0) is 35.4 Å². The number of rotatable bonds is 2. The highest BCUT2D eigenvalue weighted by atomic mass is 35.5. The fraction of sp³-hybridized carbons (Fsp3) is 0.0833. The lowest BCUT2D eigenvalue weighted by atomic mass is 10.0. The Hall–Kier alpha value is -1.52. The summed E-state index contributed by atoms with van der Waals surface area (Å²) < 4.78 is 26.0. The van der Waals surface area contributed by atoms with E-state index in [0.717, 1.165) is 18.2 Å². The van der Waals surface area contributed by atoms with Crippen molar-refractivity contribution in [3.05, 3.63) is 64.4 Å². The summed E-state index contributed by atoms with van der Waals surface area (Å²) in [6, 6.07) is 5.86. The Labute approximate surface area is 102 Å². The van der Waals surface area contributed by atoms with Gasteiger partial charge in [-0.15, -0.1) is 0 Å². The van der Waals surface area contributed by atoms with E-state index in [9.17, 15) is 13.9 Å². The molecular formula is C12H8ClF2NO. The van der Waals surface area contributed by atoms with E-state index < -0.39 is 17.7 Å². The van der Waals surface area contributed by atoms with E-state index in [1.54, 1.807) is 0 Å². The second kappa shape index (κ2) is 4.77. The number of nitrogens with zero attached hydrogens (tertiary/aromatic N) is 1. The number of halogens is 3. The number of pyridine rings is 1. The van der Waals surface area contributed by atoms with Crippen LogP contribution in [0.15, 0.2) is 36.5 Å². The van der Waals surface area contributed by atoms with Gasteiger partial charge in [0.05, 0.1) is 0 Å². The van der Waals surface area contributed by atoms with Crippen molar-refractivity contribution >= 4 is 11.6 Å². The number of aromatic nitrogens is 1. The van der Waals surface area contributed by atoms with E-state index in [4.69, 9.17) is 11.6 Å². The van der Waals surface area contributed by atoms with Crippen molar-refractivity contribution in [3.63, 3.8) is 0 Å². The fourth-order valence-corrected chi connectivity index (χ4v) is 1.70. The maximum atomic E-state index is 13.0. The van der Waals surface area contributed by atoms with Crippen LogP contribution < -0.4 is 0 Å². The molecule has 1 atom stereocenters. The molecule has 1 N–H and O–H groups in total. The molecule has 0 radical (unpaired) electrons. The van der Waals surface area contributed by atoms with Gasteiger partial charge in [-0.25, -0.2) is 13.8 Å². The molecule has 0 aliphatic rings. The van der Waals surface area contributed by atoms with E-state index in [-0.39, 0.29) is 10.7 Å². The molecule has 0 amide bonds. The van der Waals surface area contributed by atoms with Crippen molar-refractivity contribution in [1.82, 2.24) is 4.98 Å². The molecule has 2 aromatic rings. The summed E-state index contributed by atoms with van der Waals surface area (Å²) >= 11 is 5.67. The zero-order chi connectivity index (χ0) is 12.4. The SMILES string of the molecule is OC(c1cc(F)cc(F)c1)c1ccnc(Cl)c1. The van der Waals surface area contributed by atoms with E-state index in [2.05, 4.69) is 4.98 Å². The summed E-state index contributed by atoms with van der Waals surface area (Å²) in [6.07, 6.45) is 0.275. The molecule has 0 fully saturated rings. The molecule has 5 heteroatoms. The Bertz CT molecular complexity index is 528. The number of aliphatic hydroxyl groups is 1. The van der Waals surface area contributed by atoms with Crippen molar-refractivity contribution < 1.29 is 13.9 Å². The number of hydrogen-bond acceptors (Lipinski definition) is 2. The molecule has 0 saturated carbocycles. The topological polar surface area (TPSA) is 33.1 Å². The van der Waals surface area contributed by atoms with Gasteiger partial charge in [0, 0.05) is 12.3 Å². The van der Waals surface area contributed by atoms with Gasteiger partial charge in [0.2, 0.25) is 0 Å². The molecule has 0 aliphatic heterocycles. The summed E-state index contributed by atoms with van der Waals surface area (Å²) in [4.78, 5) is 3.76. The average molecular weight is 256 g/mol. The molecule has 0 spiro atoms. The zero-order valence-corrected chi connectivity index (χ0v) is 9.33. The first kappa shape index (κ1) is 12.0. The van der Waals surface area contributed by atoms with Gasteiger partial charge in [0.25, 0.3) is 0 Å². The summed E-state index contributed by atoms with van der Waals surface area (Å²) in [7, 11) is 0. The normalized spacial score (nSPS) is 12.5. The first-order chi connectivity index (χ1) is 8.06. The second-order valence-corrected chi connectivity index (χ2v) is 3.90. The van der Waals surface area contributed by atoms with Crippen molar-refractivity contribution in [3.8, 4) is 0 Å². The Morgan fingerprint density at radius 1 is 1.06 bits per heavy atom. The third kappa shape index (κ3) is 2.78. The number of aliphatic hydroxyl groups excluding tert-OH is 1. The van der Waals surface area contributed by atoms with Crippen molar-refractivity contribution in [2.75, 3.05) is 0 Å². The molecule has 2 nitrogen and oxygen atoms in total. The molecule has 0 saturated heterocycles. The summed E-state index contributed by atoms with van der Waals surface area (Å²) in [5.74, 6) is -1.47. The van der Waals surface area contributed by atoms with Crippen molar-refractivity contribution in [2.24, 2.45) is 0 Å². The van der Waals surface area contributed by atoms with Crippen LogP contribution in [0.25, 0.3) is 0 Å². The summed E-state index contributed by atoms with van der Waals surface area (Å²) in [6.45, 7) is 0. The average Bonchev–Trinajstić information content (AvgIpc) is 2.26. The van der Waals surface area contributed by atoms with E-state index in [1.807, 2.05) is 0 Å². The van der Waals surface area contributed by atoms with Gasteiger partial charge in [-0.1, -0.05) is 11.6 Å². The Morgan fingerprint density at radius 2 is 1.71 bits per heavy atom. The maximum Gasteiger partial charge on any atom is 0.129 e. The highest BCUT2D eigenvalue weighted by Gasteiger charge is 2.13. The highest BCUT2D eigenvalue weighted by molar-refractivity contribution is 6.29. The van der Waals surface area contributed by atoms with E-state index in [1.165, 1.54) is 18.3 Å². The molecule has 0 aliphatic carbocycles. The summed E-state index contributed by atoms with van der Waals surface area (Å²) in [5, 5.41) is 10.2. The van der Waals surface area contributed by atoms with Gasteiger partial charge < -0.3 is 5.11 Å². The first-order valence-electron chi connectivity index (χ1n) is 4.82. The largest absolute Gasteiger partial charge is 0.384 e. The maximum absolute atomic E-state index is 13.0. The molecule has 17 heavy (non-hydrogen) atoms. The summed E-state index contributed by atoms with van der Waals surface area (Å²) in [5.41, 5.74) is 0.555. The van der Waals surface area contributed by atoms with Gasteiger partial charge >= 0.3 is 0 Å². The lowest BCUT2D eigenvalue weighted by Crippen LogP contribution is -2.01. The standard InChI is InChI=1S/C12H8ClF2NO/c13-11-5-7(1-2-16-11)12(17)8-3-9(14)6-10(15)4-8/h1-6,12,17H. The third-order valence-electron chi connectivity index (χ3n) is 2.27. The smallest absolute Gasteiger partial charge is 0.129 e. The van der Waals surface area contributed by atoms with Crippen LogP contribution in [0.5, 0.6) is 0 Å². The fourth-order valence-electron chi connectivity index (χ4n) is 1.51. The van der Waals surface area contributed by atoms with Crippen LogP contribution in [-0.2, 0) is 0 Å². The lowest BCUT2D eigenvalue weighted by molar-refractivity contribution is 0.219. The molecule has 88 valence electrons. The molecular weight excluding hydrogens is 248 g/mol. The Balaban J connectivity index is 2.39. The van der Waals surface area contributed by atoms with E-state index >= 15 is 0 Å². The zero-order valence-electron chi connectivity index (χ0n) is 8.57. The van der Waals surface area contributed by atoms with Gasteiger partial charge in [0.1, 0.15) is 22.9 Å². The predicted molar refractivity (Wildman–Crippen MR) is 59.7 cm³/mol. The van der Waals surface area contributed by atoms with Crippen LogP contribution in [0.4, 0.5) is 8.78 Å². The first-order valence-corrected chi connectivity index (χ1v) is 5.19. The van der Waals surface area contributed by atoms with Gasteiger partial charge in [-0.3, -0.25) is 0 Å². The minimum atomic E-state index is -1.14. The minimum absolute atomic E-state index is 0.129. The third-order valence-corrected chi connectivity index (χ3v) is 2.47. The Morgan fingerprint density at radius 3 is 2.29 bits per heavy atom. The molecule has 2 rings (SSSR count). The van der Waals surface area contributed by atoms with Crippen LogP contribution >= 0.6 is 11.6 Å². The molecule has 1 aromatic heterocycles. The number of benzene rings is 1. The molecule has 1 heterocycles. The van der Waals surface area contributed by atoms with Gasteiger partial charge in [0.15, 0.2) is 0 Å². The molecule has 0 bridgehead atoms. The van der Waals surface area contributed by atoms with Crippen LogP contribution in [0.1, 0.15) is 17.2 Å². The predicted octanol–water partition coefficient (Wildman–Crippen LogP) is 3.09. The lowest BCUT2D eigenvalue weighted by Gasteiger charge is -2.11. The monoisotopic (exact) mass is 255 g/mol. The van der Waals surface area contributed by atoms with Gasteiger partial charge in [-0.2, -0.15) is 0 Å². The minimum Gasteiger partial charge on any atom is -0.384 e. The second-order valence-electron chi connectivity index (χ2n) is 3.52. The van der Waals surface area contributed by atoms with Crippen LogP contribution in [0.3, 0.4) is 0 Å². The number of hydrogen-bond donors (Lipinski definition) is 1. The molecule has 1 unspecified atom stereocenters. The quantitative estimate of drug-likeness (QED) is 0.837. The van der Waals surface area contributed by atoms with Crippen molar-refractivity contribution in [2.45, 2.75) is 6.10 Å². The molecule has 1 aromatic carbocycles. The Kier molecular flexibility index (Phi) is 3.36. The van der Waals surface area contributed by atoms with Crippen LogP contribution in [0, 0.1) is 11.6 Å². The van der Waals surface area contributed by atoms with Crippen molar-refractivity contribution in [1.29, 1.82) is 0 Å². The highest BCUT2D eigenvalue weighted by Crippen LogP contribution is 2.24. The van der Waals surface area contributed by atoms with Crippen LogP contribution in [0.2, 0.25) is 5.15 Å². The van der Waals surface area contributed by atoms with Crippen LogP contribution in [-0.4, -0.2) is 10.1 Å². The van der Waals surface area contributed by atoms with E-state index in [0.29, 0.717) is 5.56 Å².